The van der Waals surface area contributed by atoms with Crippen molar-refractivity contribution in [1.29, 1.82) is 0 Å². The van der Waals surface area contributed by atoms with Crippen LogP contribution in [0.4, 0.5) is 4.79 Å². The average molecular weight is 261 g/mol. The van der Waals surface area contributed by atoms with Crippen LogP contribution in [-0.2, 0) is 28.6 Å². The average Bonchev–Trinajstić information content (AvgIpc) is 2.35. The Morgan fingerprint density at radius 2 is 1.83 bits per heavy atom. The summed E-state index contributed by atoms with van der Waals surface area (Å²) in [5.41, 5.74) is 0. The molecule has 102 valence electrons. The van der Waals surface area contributed by atoms with Crippen molar-refractivity contribution in [3.05, 3.63) is 0 Å². The summed E-state index contributed by atoms with van der Waals surface area (Å²) in [7, 11) is 2.21. The minimum atomic E-state index is -1.20. The molecule has 1 amide bonds. The van der Waals surface area contributed by atoms with Gasteiger partial charge in [0.2, 0.25) is 0 Å². The van der Waals surface area contributed by atoms with Gasteiger partial charge in [0.1, 0.15) is 12.3 Å². The summed E-state index contributed by atoms with van der Waals surface area (Å²) in [4.78, 5) is 44.9. The molecule has 0 radical (unpaired) electrons. The van der Waals surface area contributed by atoms with Crippen molar-refractivity contribution in [1.82, 2.24) is 4.90 Å². The van der Waals surface area contributed by atoms with Crippen molar-refractivity contribution in [3.8, 4) is 0 Å². The van der Waals surface area contributed by atoms with E-state index >= 15 is 0 Å². The van der Waals surface area contributed by atoms with E-state index in [0.717, 1.165) is 26.0 Å². The summed E-state index contributed by atoms with van der Waals surface area (Å²) in [5.74, 6) is -1.45. The summed E-state index contributed by atoms with van der Waals surface area (Å²) in [6.45, 7) is 0.637. The molecule has 0 aliphatic carbocycles. The quantitative estimate of drug-likeness (QED) is 0.280. The lowest BCUT2D eigenvalue weighted by atomic mass is 10.2. The molecule has 0 spiro atoms. The van der Waals surface area contributed by atoms with E-state index in [2.05, 4.69) is 14.2 Å². The van der Waals surface area contributed by atoms with Crippen LogP contribution in [0, 0.1) is 0 Å². The maximum Gasteiger partial charge on any atom is 0.412 e. The zero-order chi connectivity index (χ0) is 14.1. The van der Waals surface area contributed by atoms with Gasteiger partial charge in [0.25, 0.3) is 0 Å². The standard InChI is InChI=1S/C10H15NO7/c1-7(13)18-6-11(10(15)17-3)8(4-5-12)9(14)16-2/h5,8H,4,6H2,1-3H3. The summed E-state index contributed by atoms with van der Waals surface area (Å²) in [6, 6.07) is -1.20. The molecule has 0 aliphatic rings. The van der Waals surface area contributed by atoms with Crippen LogP contribution in [0.1, 0.15) is 13.3 Å². The van der Waals surface area contributed by atoms with Crippen LogP contribution < -0.4 is 0 Å². The number of nitrogens with zero attached hydrogens (tertiary/aromatic N) is 1. The number of carbonyl (C=O) groups excluding carboxylic acids is 4. The van der Waals surface area contributed by atoms with Crippen LogP contribution in [0.15, 0.2) is 0 Å². The lowest BCUT2D eigenvalue weighted by Gasteiger charge is -2.26. The monoisotopic (exact) mass is 261 g/mol. The van der Waals surface area contributed by atoms with Gasteiger partial charge in [-0.3, -0.25) is 9.69 Å². The molecule has 1 atom stereocenters. The largest absolute Gasteiger partial charge is 0.467 e. The van der Waals surface area contributed by atoms with E-state index in [4.69, 9.17) is 0 Å². The van der Waals surface area contributed by atoms with Gasteiger partial charge >= 0.3 is 18.0 Å². The molecule has 0 heterocycles. The molecule has 0 bridgehead atoms. The van der Waals surface area contributed by atoms with Gasteiger partial charge in [0.15, 0.2) is 6.73 Å². The van der Waals surface area contributed by atoms with Crippen LogP contribution in [0.25, 0.3) is 0 Å². The smallest absolute Gasteiger partial charge is 0.412 e. The fourth-order valence-electron chi connectivity index (χ4n) is 1.13. The lowest BCUT2D eigenvalue weighted by molar-refractivity contribution is -0.155. The van der Waals surface area contributed by atoms with E-state index in [1.165, 1.54) is 0 Å². The van der Waals surface area contributed by atoms with Crippen LogP contribution in [0.2, 0.25) is 0 Å². The van der Waals surface area contributed by atoms with E-state index in [1.807, 2.05) is 0 Å². The Bertz CT molecular complexity index is 328. The number of methoxy groups -OCH3 is 2. The van der Waals surface area contributed by atoms with Crippen molar-refractivity contribution in [2.75, 3.05) is 21.0 Å². The van der Waals surface area contributed by atoms with Crippen molar-refractivity contribution in [2.24, 2.45) is 0 Å². The molecule has 0 N–H and O–H groups in total. The molecule has 0 aromatic carbocycles. The summed E-state index contributed by atoms with van der Waals surface area (Å²) in [5, 5.41) is 0. The number of amides is 1. The highest BCUT2D eigenvalue weighted by Gasteiger charge is 2.31. The van der Waals surface area contributed by atoms with E-state index in [1.54, 1.807) is 0 Å². The van der Waals surface area contributed by atoms with Gasteiger partial charge in [-0.15, -0.1) is 0 Å². The highest BCUT2D eigenvalue weighted by atomic mass is 16.6. The van der Waals surface area contributed by atoms with E-state index < -0.39 is 30.8 Å². The van der Waals surface area contributed by atoms with E-state index in [0.29, 0.717) is 6.29 Å². The van der Waals surface area contributed by atoms with Gasteiger partial charge in [0.05, 0.1) is 14.2 Å². The number of hydrogen-bond donors (Lipinski definition) is 0. The molecule has 0 aromatic rings. The maximum absolute atomic E-state index is 11.4. The molecular weight excluding hydrogens is 246 g/mol. The Labute approximate surface area is 104 Å². The van der Waals surface area contributed by atoms with E-state index in [-0.39, 0.29) is 6.42 Å². The Hall–Kier alpha value is -2.12. The minimum Gasteiger partial charge on any atom is -0.467 e. The number of rotatable bonds is 6. The zero-order valence-electron chi connectivity index (χ0n) is 10.4. The maximum atomic E-state index is 11.4. The minimum absolute atomic E-state index is 0.289. The molecule has 0 fully saturated rings. The first-order valence-corrected chi connectivity index (χ1v) is 4.97. The first-order chi connectivity index (χ1) is 8.47. The van der Waals surface area contributed by atoms with Gasteiger partial charge in [-0.1, -0.05) is 0 Å². The summed E-state index contributed by atoms with van der Waals surface area (Å²) in [6.07, 6.45) is -0.748. The lowest BCUT2D eigenvalue weighted by Crippen LogP contribution is -2.47. The van der Waals surface area contributed by atoms with Gasteiger partial charge in [-0.25, -0.2) is 9.59 Å². The Morgan fingerprint density at radius 3 is 2.22 bits per heavy atom. The highest BCUT2D eigenvalue weighted by molar-refractivity contribution is 5.83. The van der Waals surface area contributed by atoms with Crippen molar-refractivity contribution < 1.29 is 33.4 Å². The second kappa shape index (κ2) is 8.04. The van der Waals surface area contributed by atoms with Crippen LogP contribution in [0.3, 0.4) is 0 Å². The van der Waals surface area contributed by atoms with Crippen molar-refractivity contribution >= 4 is 24.3 Å². The number of aldehydes is 1. The first kappa shape index (κ1) is 15.9. The summed E-state index contributed by atoms with van der Waals surface area (Å²) >= 11 is 0. The van der Waals surface area contributed by atoms with E-state index in [9.17, 15) is 19.2 Å². The third kappa shape index (κ3) is 4.81. The fraction of sp³-hybridized carbons (Fsp3) is 0.600. The number of ether oxygens (including phenoxy) is 3. The SMILES string of the molecule is COC(=O)C(CC=O)N(COC(C)=O)C(=O)OC. The Balaban J connectivity index is 4.95. The predicted octanol–water partition coefficient (Wildman–Crippen LogP) is -0.294. The fourth-order valence-corrected chi connectivity index (χ4v) is 1.13. The number of carbonyl (C=O) groups is 4. The third-order valence-corrected chi connectivity index (χ3v) is 1.98. The Kier molecular flexibility index (Phi) is 7.10. The van der Waals surface area contributed by atoms with Crippen molar-refractivity contribution in [2.45, 2.75) is 19.4 Å². The molecule has 0 saturated carbocycles. The normalized spacial score (nSPS) is 11.1. The highest BCUT2D eigenvalue weighted by Crippen LogP contribution is 2.08. The Morgan fingerprint density at radius 1 is 1.22 bits per heavy atom. The molecule has 8 nitrogen and oxygen atoms in total. The van der Waals surface area contributed by atoms with Gasteiger partial charge in [-0.2, -0.15) is 0 Å². The molecule has 0 aliphatic heterocycles. The molecular formula is C10H15NO7. The van der Waals surface area contributed by atoms with Crippen molar-refractivity contribution in [3.63, 3.8) is 0 Å². The number of hydrogen-bond acceptors (Lipinski definition) is 7. The molecule has 0 rings (SSSR count). The number of esters is 2. The van der Waals surface area contributed by atoms with Gasteiger partial charge in [0, 0.05) is 13.3 Å². The van der Waals surface area contributed by atoms with Crippen LogP contribution in [-0.4, -0.2) is 56.2 Å². The molecule has 18 heavy (non-hydrogen) atoms. The summed E-state index contributed by atoms with van der Waals surface area (Å²) < 4.78 is 13.5. The molecule has 1 unspecified atom stereocenters. The molecule has 0 saturated heterocycles. The molecule has 0 aromatic heterocycles. The third-order valence-electron chi connectivity index (χ3n) is 1.98. The van der Waals surface area contributed by atoms with Gasteiger partial charge in [-0.05, 0) is 0 Å². The van der Waals surface area contributed by atoms with Crippen LogP contribution >= 0.6 is 0 Å². The van der Waals surface area contributed by atoms with Gasteiger partial charge < -0.3 is 19.0 Å². The first-order valence-electron chi connectivity index (χ1n) is 4.97. The zero-order valence-corrected chi connectivity index (χ0v) is 10.4. The topological polar surface area (TPSA) is 99.2 Å². The van der Waals surface area contributed by atoms with Crippen LogP contribution in [0.5, 0.6) is 0 Å². The predicted molar refractivity (Wildman–Crippen MR) is 57.4 cm³/mol. The second-order valence-corrected chi connectivity index (χ2v) is 3.15. The molecule has 8 heteroatoms. The second-order valence-electron chi connectivity index (χ2n) is 3.15.